The van der Waals surface area contributed by atoms with E-state index in [1.165, 1.54) is 73.4 Å². The normalized spacial score (nSPS) is 14.4. The highest BCUT2D eigenvalue weighted by Crippen LogP contribution is 2.51. The second-order valence-electron chi connectivity index (χ2n) is 16.8. The molecule has 300 valence electrons. The van der Waals surface area contributed by atoms with E-state index in [2.05, 4.69) is 210 Å². The average molecular weight is 853 g/mol. The highest BCUT2D eigenvalue weighted by molar-refractivity contribution is 7.26. The summed E-state index contributed by atoms with van der Waals surface area (Å²) in [6, 6.07) is 66.0. The fourth-order valence-electron chi connectivity index (χ4n) is 10.4. The van der Waals surface area contributed by atoms with Crippen molar-refractivity contribution in [1.29, 1.82) is 0 Å². The summed E-state index contributed by atoms with van der Waals surface area (Å²) in [4.78, 5) is 15.7. The summed E-state index contributed by atoms with van der Waals surface area (Å²) in [6.45, 7) is 0. The molecular formula is C58H36N4S2. The molecule has 8 aromatic carbocycles. The third-order valence-corrected chi connectivity index (χ3v) is 15.7. The fourth-order valence-corrected chi connectivity index (χ4v) is 12.9. The predicted molar refractivity (Wildman–Crippen MR) is 275 cm³/mol. The van der Waals surface area contributed by atoms with Gasteiger partial charge in [0.1, 0.15) is 11.6 Å². The highest BCUT2D eigenvalue weighted by Gasteiger charge is 2.34. The zero-order chi connectivity index (χ0) is 41.9. The number of aromatic nitrogens is 2. The summed E-state index contributed by atoms with van der Waals surface area (Å²) in [5.74, 6) is 1.82. The molecule has 2 aliphatic carbocycles. The number of rotatable bonds is 6. The van der Waals surface area contributed by atoms with Crippen LogP contribution >= 0.6 is 22.7 Å². The minimum absolute atomic E-state index is 0.107. The van der Waals surface area contributed by atoms with Crippen molar-refractivity contribution in [2.24, 2.45) is 0 Å². The van der Waals surface area contributed by atoms with Gasteiger partial charge in [-0.3, -0.25) is 4.90 Å². The number of hydrogen-bond donors (Lipinski definition) is 0. The summed E-state index contributed by atoms with van der Waals surface area (Å²) >= 11 is 3.72. The summed E-state index contributed by atoms with van der Waals surface area (Å²) in [5.41, 5.74) is 10.5. The van der Waals surface area contributed by atoms with E-state index in [0.29, 0.717) is 0 Å². The Morgan fingerprint density at radius 3 is 1.81 bits per heavy atom. The Labute approximate surface area is 376 Å². The third-order valence-electron chi connectivity index (χ3n) is 13.3. The van der Waals surface area contributed by atoms with Crippen LogP contribution in [-0.4, -0.2) is 16.0 Å². The Kier molecular flexibility index (Phi) is 7.82. The van der Waals surface area contributed by atoms with Crippen molar-refractivity contribution in [3.63, 3.8) is 0 Å². The number of allylic oxidation sites excluding steroid dienone is 1. The Balaban J connectivity index is 0.995. The molecule has 4 aromatic heterocycles. The lowest BCUT2D eigenvalue weighted by molar-refractivity contribution is 0.936. The maximum Gasteiger partial charge on any atom is 0.138 e. The standard InChI is InChI=1S/C58H36N4S2/c1-5-17-45-35(11-1)27-33-53(59-45)61(49-19-9-15-41-39-13-3-7-21-51(39)63-57(41)49)47-31-25-37-24-30-44-48(32-26-38-23-29-43(47)55(37)56(38)44)62(54-34-28-36-12-2-6-18-46(36)60-54)50-20-10-16-42-40-14-4-8-22-52(40)64-58(42)50/h1-23,25-34,48H,24H2. The molecule has 0 aliphatic heterocycles. The topological polar surface area (TPSA) is 32.3 Å². The van der Waals surface area contributed by atoms with E-state index in [0.717, 1.165) is 56.9 Å². The summed E-state index contributed by atoms with van der Waals surface area (Å²) in [7, 11) is 0. The van der Waals surface area contributed by atoms with E-state index in [1.54, 1.807) is 0 Å². The number of para-hydroxylation sites is 2. The number of nitrogens with zero attached hydrogens (tertiary/aromatic N) is 4. The molecule has 1 unspecified atom stereocenters. The summed E-state index contributed by atoms with van der Waals surface area (Å²) in [5, 5.41) is 9.88. The first-order valence-corrected chi connectivity index (χ1v) is 23.5. The van der Waals surface area contributed by atoms with Crippen LogP contribution in [0, 0.1) is 0 Å². The van der Waals surface area contributed by atoms with Crippen molar-refractivity contribution in [3.8, 4) is 0 Å². The van der Waals surface area contributed by atoms with Crippen molar-refractivity contribution in [2.75, 3.05) is 9.80 Å². The lowest BCUT2D eigenvalue weighted by Crippen LogP contribution is -2.33. The van der Waals surface area contributed by atoms with Crippen LogP contribution in [0.25, 0.3) is 84.6 Å². The summed E-state index contributed by atoms with van der Waals surface area (Å²) in [6.07, 6.45) is 8.05. The maximum absolute atomic E-state index is 5.41. The van der Waals surface area contributed by atoms with E-state index in [9.17, 15) is 0 Å². The van der Waals surface area contributed by atoms with Crippen LogP contribution in [-0.2, 0) is 6.42 Å². The molecule has 0 N–H and O–H groups in total. The molecule has 0 radical (unpaired) electrons. The second kappa shape index (κ2) is 13.9. The number of anilines is 5. The maximum atomic E-state index is 5.41. The zero-order valence-corrected chi connectivity index (χ0v) is 36.1. The van der Waals surface area contributed by atoms with Gasteiger partial charge >= 0.3 is 0 Å². The smallest absolute Gasteiger partial charge is 0.138 e. The predicted octanol–water partition coefficient (Wildman–Crippen LogP) is 16.3. The molecule has 64 heavy (non-hydrogen) atoms. The van der Waals surface area contributed by atoms with Gasteiger partial charge < -0.3 is 4.90 Å². The van der Waals surface area contributed by atoms with Crippen molar-refractivity contribution in [2.45, 2.75) is 12.5 Å². The van der Waals surface area contributed by atoms with Gasteiger partial charge in [0.05, 0.1) is 43.5 Å². The van der Waals surface area contributed by atoms with Crippen LogP contribution in [0.15, 0.2) is 194 Å². The number of hydrogen-bond acceptors (Lipinski definition) is 6. The van der Waals surface area contributed by atoms with Crippen LogP contribution in [0.2, 0.25) is 0 Å². The first-order valence-electron chi connectivity index (χ1n) is 21.8. The van der Waals surface area contributed by atoms with Crippen molar-refractivity contribution < 1.29 is 0 Å². The van der Waals surface area contributed by atoms with E-state index < -0.39 is 0 Å². The number of benzene rings is 8. The van der Waals surface area contributed by atoms with Crippen molar-refractivity contribution >= 4 is 136 Å². The molecule has 12 aromatic rings. The van der Waals surface area contributed by atoms with Crippen LogP contribution in [0.3, 0.4) is 0 Å². The lowest BCUT2D eigenvalue weighted by atomic mass is 9.78. The molecule has 0 spiro atoms. The molecule has 0 saturated heterocycles. The first kappa shape index (κ1) is 35.9. The third kappa shape index (κ3) is 5.33. The molecule has 0 bridgehead atoms. The quantitative estimate of drug-likeness (QED) is 0.167. The SMILES string of the molecule is C1=CC(N(c2ccc3ccccc3n2)c2cccc3c2sc2ccccc23)C2=CCc3ccc(N(c4ccc5ccccc5n4)c4cccc5c4sc4ccccc45)c4ccc1c2c34. The van der Waals surface area contributed by atoms with Gasteiger partial charge in [-0.2, -0.15) is 0 Å². The molecule has 6 heteroatoms. The molecule has 0 saturated carbocycles. The monoisotopic (exact) mass is 852 g/mol. The van der Waals surface area contributed by atoms with E-state index in [1.807, 2.05) is 22.7 Å². The average Bonchev–Trinajstić information content (AvgIpc) is 3.94. The van der Waals surface area contributed by atoms with Gasteiger partial charge in [0.25, 0.3) is 0 Å². The number of pyridine rings is 2. The largest absolute Gasteiger partial charge is 0.314 e. The van der Waals surface area contributed by atoms with Gasteiger partial charge in [-0.1, -0.05) is 133 Å². The number of fused-ring (bicyclic) bond motifs is 8. The van der Waals surface area contributed by atoms with Gasteiger partial charge in [0, 0.05) is 47.1 Å². The minimum atomic E-state index is -0.107. The van der Waals surface area contributed by atoms with E-state index in [4.69, 9.17) is 9.97 Å². The molecule has 0 fully saturated rings. The van der Waals surface area contributed by atoms with Crippen LogP contribution in [0.4, 0.5) is 28.7 Å². The van der Waals surface area contributed by atoms with Crippen molar-refractivity contribution in [1.82, 2.24) is 9.97 Å². The van der Waals surface area contributed by atoms with E-state index in [-0.39, 0.29) is 6.04 Å². The zero-order valence-electron chi connectivity index (χ0n) is 34.4. The molecule has 4 nitrogen and oxygen atoms in total. The van der Waals surface area contributed by atoms with Crippen LogP contribution < -0.4 is 9.80 Å². The van der Waals surface area contributed by atoms with Gasteiger partial charge in [0.15, 0.2) is 0 Å². The summed E-state index contributed by atoms with van der Waals surface area (Å²) < 4.78 is 5.09. The van der Waals surface area contributed by atoms with Crippen molar-refractivity contribution in [3.05, 3.63) is 211 Å². The van der Waals surface area contributed by atoms with E-state index >= 15 is 0 Å². The van der Waals surface area contributed by atoms with Gasteiger partial charge in [-0.25, -0.2) is 9.97 Å². The Bertz CT molecular complexity index is 3990. The van der Waals surface area contributed by atoms with Gasteiger partial charge in [-0.15, -0.1) is 22.7 Å². The second-order valence-corrected chi connectivity index (χ2v) is 18.9. The first-order chi connectivity index (χ1) is 31.7. The molecule has 0 amide bonds. The van der Waals surface area contributed by atoms with Crippen LogP contribution in [0.1, 0.15) is 16.7 Å². The molecule has 4 heterocycles. The Morgan fingerprint density at radius 1 is 0.469 bits per heavy atom. The molecule has 1 atom stereocenters. The van der Waals surface area contributed by atoms with Gasteiger partial charge in [-0.05, 0) is 101 Å². The number of thiophene rings is 2. The molecule has 2 aliphatic rings. The molecule has 14 rings (SSSR count). The Hall–Kier alpha value is -7.64. The molecular weight excluding hydrogens is 817 g/mol. The van der Waals surface area contributed by atoms with Gasteiger partial charge in [0.2, 0.25) is 0 Å². The van der Waals surface area contributed by atoms with Crippen LogP contribution in [0.5, 0.6) is 0 Å². The Morgan fingerprint density at radius 2 is 1.08 bits per heavy atom. The fraction of sp³-hybridized carbons (Fsp3) is 0.0345. The highest BCUT2D eigenvalue weighted by atomic mass is 32.1. The lowest BCUT2D eigenvalue weighted by Gasteiger charge is -2.38. The minimum Gasteiger partial charge on any atom is -0.314 e.